The average Bonchev–Trinajstić information content (AvgIpc) is 2.86. The number of aromatic nitrogens is 2. The highest BCUT2D eigenvalue weighted by molar-refractivity contribution is 5.85. The Morgan fingerprint density at radius 1 is 1.18 bits per heavy atom. The SMILES string of the molecule is COc1ccc(-c2cc3cccnc3n(CC(=O)N/N=C/c3cccc([N+](=O)[O-])c3)c2=O)cc1. The number of rotatable bonds is 7. The van der Waals surface area contributed by atoms with Crippen molar-refractivity contribution >= 4 is 28.8 Å². The van der Waals surface area contributed by atoms with Gasteiger partial charge in [0.25, 0.3) is 17.2 Å². The number of ether oxygens (including phenoxy) is 1. The summed E-state index contributed by atoms with van der Waals surface area (Å²) in [5.41, 5.74) is 3.78. The zero-order valence-corrected chi connectivity index (χ0v) is 18.0. The van der Waals surface area contributed by atoms with Crippen LogP contribution >= 0.6 is 0 Å². The van der Waals surface area contributed by atoms with Crippen LogP contribution in [0.4, 0.5) is 5.69 Å². The molecule has 1 N–H and O–H groups in total. The molecule has 2 heterocycles. The van der Waals surface area contributed by atoms with Crippen molar-refractivity contribution in [1.82, 2.24) is 15.0 Å². The van der Waals surface area contributed by atoms with Crippen molar-refractivity contribution in [1.29, 1.82) is 0 Å². The van der Waals surface area contributed by atoms with E-state index in [0.717, 1.165) is 0 Å². The number of methoxy groups -OCH3 is 1. The van der Waals surface area contributed by atoms with Crippen LogP contribution in [-0.4, -0.2) is 33.7 Å². The summed E-state index contributed by atoms with van der Waals surface area (Å²) in [4.78, 5) is 40.5. The smallest absolute Gasteiger partial charge is 0.270 e. The van der Waals surface area contributed by atoms with Crippen molar-refractivity contribution < 1.29 is 14.5 Å². The fourth-order valence-electron chi connectivity index (χ4n) is 3.41. The summed E-state index contributed by atoms with van der Waals surface area (Å²) in [5, 5.41) is 15.4. The molecule has 10 nitrogen and oxygen atoms in total. The molecule has 4 rings (SSSR count). The van der Waals surface area contributed by atoms with Gasteiger partial charge in [0.15, 0.2) is 0 Å². The van der Waals surface area contributed by atoms with Gasteiger partial charge in [-0.1, -0.05) is 24.3 Å². The molecule has 0 fully saturated rings. The van der Waals surface area contributed by atoms with Crippen LogP contribution in [0.2, 0.25) is 0 Å². The van der Waals surface area contributed by atoms with Gasteiger partial charge >= 0.3 is 0 Å². The number of nitrogens with zero attached hydrogens (tertiary/aromatic N) is 4. The fraction of sp³-hybridized carbons (Fsp3) is 0.0833. The molecule has 0 radical (unpaired) electrons. The number of amides is 1. The molecule has 0 saturated carbocycles. The van der Waals surface area contributed by atoms with Gasteiger partial charge in [-0.25, -0.2) is 10.4 Å². The highest BCUT2D eigenvalue weighted by Crippen LogP contribution is 2.22. The third-order valence-electron chi connectivity index (χ3n) is 5.03. The van der Waals surface area contributed by atoms with Gasteiger partial charge in [0.2, 0.25) is 0 Å². The Bertz CT molecular complexity index is 1460. The first kappa shape index (κ1) is 22.3. The third kappa shape index (κ3) is 4.80. The van der Waals surface area contributed by atoms with Crippen LogP contribution in [0.1, 0.15) is 5.56 Å². The molecule has 2 aromatic heterocycles. The van der Waals surface area contributed by atoms with Crippen molar-refractivity contribution in [3.8, 4) is 16.9 Å². The lowest BCUT2D eigenvalue weighted by Gasteiger charge is -2.12. The minimum Gasteiger partial charge on any atom is -0.497 e. The van der Waals surface area contributed by atoms with E-state index in [1.807, 2.05) is 6.07 Å². The summed E-state index contributed by atoms with van der Waals surface area (Å²) in [6.45, 7) is -0.317. The number of nitro benzene ring substituents is 1. The molecule has 0 saturated heterocycles. The molecule has 0 aliphatic carbocycles. The van der Waals surface area contributed by atoms with Crippen LogP contribution < -0.4 is 15.7 Å². The molecular weight excluding hydrogens is 438 g/mol. The summed E-state index contributed by atoms with van der Waals surface area (Å²) in [6.07, 6.45) is 2.83. The van der Waals surface area contributed by atoms with Crippen LogP contribution in [0.5, 0.6) is 5.75 Å². The molecule has 0 bridgehead atoms. The van der Waals surface area contributed by atoms with E-state index >= 15 is 0 Å². The second-order valence-corrected chi connectivity index (χ2v) is 7.24. The number of fused-ring (bicyclic) bond motifs is 1. The number of hydrogen-bond donors (Lipinski definition) is 1. The number of nitro groups is 1. The quantitative estimate of drug-likeness (QED) is 0.258. The monoisotopic (exact) mass is 457 g/mol. The maximum absolute atomic E-state index is 13.3. The Morgan fingerprint density at radius 3 is 2.71 bits per heavy atom. The molecule has 2 aromatic carbocycles. The lowest BCUT2D eigenvalue weighted by atomic mass is 10.1. The standard InChI is InChI=1S/C24H19N5O5/c1-34-20-9-7-17(8-10-20)21-13-18-5-3-11-25-23(18)28(24(21)31)15-22(30)27-26-14-16-4-2-6-19(12-16)29(32)33/h2-14H,15H2,1H3,(H,27,30)/b26-14+. The zero-order chi connectivity index (χ0) is 24.1. The maximum Gasteiger partial charge on any atom is 0.270 e. The number of non-ortho nitro benzene ring substituents is 1. The number of carbonyl (C=O) groups excluding carboxylic acids is 1. The van der Waals surface area contributed by atoms with Crippen molar-refractivity contribution in [2.45, 2.75) is 6.54 Å². The molecule has 34 heavy (non-hydrogen) atoms. The van der Waals surface area contributed by atoms with Crippen molar-refractivity contribution in [3.63, 3.8) is 0 Å². The Balaban J connectivity index is 1.61. The van der Waals surface area contributed by atoms with E-state index in [1.165, 1.54) is 29.0 Å². The number of carbonyl (C=O) groups is 1. The highest BCUT2D eigenvalue weighted by Gasteiger charge is 2.14. The summed E-state index contributed by atoms with van der Waals surface area (Å²) in [6, 6.07) is 18.2. The molecule has 0 atom stereocenters. The number of pyridine rings is 2. The first-order valence-electron chi connectivity index (χ1n) is 10.2. The van der Waals surface area contributed by atoms with Gasteiger partial charge in [-0.05, 0) is 35.9 Å². The highest BCUT2D eigenvalue weighted by atomic mass is 16.6. The van der Waals surface area contributed by atoms with Gasteiger partial charge in [0, 0.05) is 34.8 Å². The molecule has 4 aromatic rings. The first-order chi connectivity index (χ1) is 16.5. The van der Waals surface area contributed by atoms with Gasteiger partial charge in [-0.15, -0.1) is 0 Å². The lowest BCUT2D eigenvalue weighted by Crippen LogP contribution is -2.31. The van der Waals surface area contributed by atoms with Crippen LogP contribution in [0, 0.1) is 10.1 Å². The van der Waals surface area contributed by atoms with E-state index in [0.29, 0.717) is 33.5 Å². The summed E-state index contributed by atoms with van der Waals surface area (Å²) < 4.78 is 6.46. The normalized spacial score (nSPS) is 11.0. The van der Waals surface area contributed by atoms with Crippen molar-refractivity contribution in [3.05, 3.63) is 99.0 Å². The van der Waals surface area contributed by atoms with E-state index < -0.39 is 10.8 Å². The number of hydrogen-bond acceptors (Lipinski definition) is 7. The summed E-state index contributed by atoms with van der Waals surface area (Å²) in [7, 11) is 1.56. The average molecular weight is 457 g/mol. The lowest BCUT2D eigenvalue weighted by molar-refractivity contribution is -0.384. The molecule has 170 valence electrons. The van der Waals surface area contributed by atoms with Crippen molar-refractivity contribution in [2.24, 2.45) is 5.10 Å². The third-order valence-corrected chi connectivity index (χ3v) is 5.03. The van der Waals surface area contributed by atoms with E-state index in [4.69, 9.17) is 4.74 Å². The summed E-state index contributed by atoms with van der Waals surface area (Å²) in [5.74, 6) is 0.107. The van der Waals surface area contributed by atoms with Crippen LogP contribution in [-0.2, 0) is 11.3 Å². The molecule has 0 aliphatic heterocycles. The van der Waals surface area contributed by atoms with Gasteiger partial charge in [0.1, 0.15) is 17.9 Å². The number of hydrazone groups is 1. The fourth-order valence-corrected chi connectivity index (χ4v) is 3.41. The van der Waals surface area contributed by atoms with Crippen molar-refractivity contribution in [2.75, 3.05) is 7.11 Å². The van der Waals surface area contributed by atoms with E-state index in [-0.39, 0.29) is 17.8 Å². The van der Waals surface area contributed by atoms with E-state index in [2.05, 4.69) is 15.5 Å². The molecular formula is C24H19N5O5. The van der Waals surface area contributed by atoms with Gasteiger partial charge in [-0.2, -0.15) is 5.10 Å². The van der Waals surface area contributed by atoms with E-state index in [1.54, 1.807) is 55.8 Å². The number of benzene rings is 2. The predicted octanol–water partition coefficient (Wildman–Crippen LogP) is 3.13. The zero-order valence-electron chi connectivity index (χ0n) is 18.0. The Labute approximate surface area is 193 Å². The predicted molar refractivity (Wildman–Crippen MR) is 127 cm³/mol. The Morgan fingerprint density at radius 2 is 1.97 bits per heavy atom. The maximum atomic E-state index is 13.3. The Kier molecular flexibility index (Phi) is 6.40. The minimum absolute atomic E-state index is 0.0882. The van der Waals surface area contributed by atoms with Gasteiger partial charge < -0.3 is 4.74 Å². The van der Waals surface area contributed by atoms with Crippen LogP contribution in [0.15, 0.2) is 82.8 Å². The number of nitrogens with one attached hydrogen (secondary N) is 1. The van der Waals surface area contributed by atoms with Crippen LogP contribution in [0.25, 0.3) is 22.2 Å². The minimum atomic E-state index is -0.553. The first-order valence-corrected chi connectivity index (χ1v) is 10.2. The second kappa shape index (κ2) is 9.74. The van der Waals surface area contributed by atoms with Crippen LogP contribution in [0.3, 0.4) is 0 Å². The molecule has 1 amide bonds. The summed E-state index contributed by atoms with van der Waals surface area (Å²) >= 11 is 0. The molecule has 0 spiro atoms. The topological polar surface area (TPSA) is 129 Å². The van der Waals surface area contributed by atoms with E-state index in [9.17, 15) is 19.7 Å². The molecule has 10 heteroatoms. The molecule has 0 aliphatic rings. The van der Waals surface area contributed by atoms with Gasteiger partial charge in [0.05, 0.1) is 18.2 Å². The molecule has 0 unspecified atom stereocenters. The second-order valence-electron chi connectivity index (χ2n) is 7.24. The largest absolute Gasteiger partial charge is 0.497 e. The Hall–Kier alpha value is -4.86. The van der Waals surface area contributed by atoms with Gasteiger partial charge in [-0.3, -0.25) is 24.3 Å².